The maximum Gasteiger partial charge on any atom is 0.348 e. The molecule has 1 aromatic rings. The van der Waals surface area contributed by atoms with Gasteiger partial charge in [-0.1, -0.05) is 11.6 Å². The lowest BCUT2D eigenvalue weighted by Gasteiger charge is -2.11. The van der Waals surface area contributed by atoms with E-state index < -0.39 is 5.97 Å². The molecule has 17 heavy (non-hydrogen) atoms. The molecule has 1 heterocycles. The molecule has 0 spiro atoms. The molecule has 0 atom stereocenters. The zero-order valence-corrected chi connectivity index (χ0v) is 9.82. The molecule has 0 unspecified atom stereocenters. The highest BCUT2D eigenvalue weighted by Crippen LogP contribution is 2.22. The summed E-state index contributed by atoms with van der Waals surface area (Å²) < 4.78 is 0. The first-order valence-corrected chi connectivity index (χ1v) is 5.22. The van der Waals surface area contributed by atoms with Gasteiger partial charge in [-0.3, -0.25) is 0 Å². The Hall–Kier alpha value is -2.06. The van der Waals surface area contributed by atoms with Crippen LogP contribution in [-0.4, -0.2) is 22.6 Å². The first-order chi connectivity index (χ1) is 8.11. The lowest BCUT2D eigenvalue weighted by atomic mass is 10.1. The molecule has 88 valence electrons. The summed E-state index contributed by atoms with van der Waals surface area (Å²) in [5.41, 5.74) is 0.192. The van der Waals surface area contributed by atoms with E-state index in [0.717, 1.165) is 0 Å². The van der Waals surface area contributed by atoms with Crippen molar-refractivity contribution in [2.75, 3.05) is 6.54 Å². The minimum Gasteiger partial charge on any atom is -0.477 e. The first kappa shape index (κ1) is 13.0. The Morgan fingerprint density at radius 3 is 2.88 bits per heavy atom. The number of nitriles is 1. The van der Waals surface area contributed by atoms with E-state index in [0.29, 0.717) is 12.1 Å². The molecule has 0 fully saturated rings. The topological polar surface area (TPSA) is 86.0 Å². The van der Waals surface area contributed by atoms with Crippen LogP contribution >= 0.6 is 11.6 Å². The van der Waals surface area contributed by atoms with Crippen LogP contribution in [0.2, 0.25) is 5.15 Å². The molecule has 0 aliphatic rings. The van der Waals surface area contributed by atoms with Crippen LogP contribution < -0.4 is 5.32 Å². The normalized spacial score (nSPS) is 11.4. The van der Waals surface area contributed by atoms with Crippen LogP contribution in [0.4, 0.5) is 0 Å². The second-order valence-corrected chi connectivity index (χ2v) is 3.40. The van der Waals surface area contributed by atoms with Crippen LogP contribution in [0.5, 0.6) is 0 Å². The molecule has 6 heteroatoms. The lowest BCUT2D eigenvalue weighted by Crippen LogP contribution is -2.17. The Morgan fingerprint density at radius 1 is 1.71 bits per heavy atom. The van der Waals surface area contributed by atoms with Gasteiger partial charge >= 0.3 is 5.97 Å². The van der Waals surface area contributed by atoms with E-state index in [4.69, 9.17) is 22.0 Å². The molecular formula is C11H10ClN3O2. The number of hydrogen-bond acceptors (Lipinski definition) is 4. The fourth-order valence-corrected chi connectivity index (χ4v) is 1.49. The number of rotatable bonds is 4. The molecule has 1 aromatic heterocycles. The van der Waals surface area contributed by atoms with Crippen molar-refractivity contribution in [3.8, 4) is 6.07 Å². The Bertz CT molecular complexity index is 506. The summed E-state index contributed by atoms with van der Waals surface area (Å²) in [4.78, 5) is 14.8. The van der Waals surface area contributed by atoms with Gasteiger partial charge in [-0.05, 0) is 19.1 Å². The molecule has 0 aromatic carbocycles. The predicted octanol–water partition coefficient (Wildman–Crippen LogP) is 1.66. The van der Waals surface area contributed by atoms with Gasteiger partial charge in [0.05, 0.1) is 5.70 Å². The molecule has 0 aliphatic heterocycles. The van der Waals surface area contributed by atoms with E-state index in [1.807, 2.05) is 0 Å². The van der Waals surface area contributed by atoms with Crippen molar-refractivity contribution in [1.82, 2.24) is 10.3 Å². The molecule has 0 saturated heterocycles. The Balaban J connectivity index is 3.42. The number of carboxylic acid groups (broad SMARTS) is 1. The second-order valence-electron chi connectivity index (χ2n) is 3.04. The van der Waals surface area contributed by atoms with Gasteiger partial charge in [-0.15, -0.1) is 0 Å². The average Bonchev–Trinajstić information content (AvgIpc) is 2.29. The highest BCUT2D eigenvalue weighted by Gasteiger charge is 2.17. The third-order valence-corrected chi connectivity index (χ3v) is 2.26. The largest absolute Gasteiger partial charge is 0.477 e. The monoisotopic (exact) mass is 251 g/mol. The Morgan fingerprint density at radius 2 is 2.41 bits per heavy atom. The van der Waals surface area contributed by atoms with E-state index in [1.165, 1.54) is 6.20 Å². The van der Waals surface area contributed by atoms with Gasteiger partial charge in [0.1, 0.15) is 11.2 Å². The number of carboxylic acids is 1. The average molecular weight is 252 g/mol. The standard InChI is InChI=1S/C11H10ClN3O2/c1-2-14-9(8(6-13)11(16)17)7-4-3-5-15-10(7)12/h3-5,14H,2H2,1H3,(H,16,17). The van der Waals surface area contributed by atoms with Crippen LogP contribution in [0, 0.1) is 11.3 Å². The molecule has 5 nitrogen and oxygen atoms in total. The zero-order chi connectivity index (χ0) is 12.8. The maximum absolute atomic E-state index is 10.9. The number of hydrogen-bond donors (Lipinski definition) is 2. The van der Waals surface area contributed by atoms with Gasteiger partial charge in [0.25, 0.3) is 0 Å². The van der Waals surface area contributed by atoms with Crippen molar-refractivity contribution in [3.63, 3.8) is 0 Å². The van der Waals surface area contributed by atoms with Gasteiger partial charge in [0.2, 0.25) is 0 Å². The Labute approximate surface area is 103 Å². The number of aromatic nitrogens is 1. The van der Waals surface area contributed by atoms with Crippen LogP contribution in [-0.2, 0) is 4.79 Å². The molecule has 2 N–H and O–H groups in total. The minimum atomic E-state index is -1.30. The van der Waals surface area contributed by atoms with Crippen molar-refractivity contribution in [3.05, 3.63) is 34.6 Å². The Kier molecular flexibility index (Phi) is 4.49. The first-order valence-electron chi connectivity index (χ1n) is 4.84. The van der Waals surface area contributed by atoms with Gasteiger partial charge < -0.3 is 10.4 Å². The molecule has 0 aliphatic carbocycles. The molecule has 0 bridgehead atoms. The van der Waals surface area contributed by atoms with E-state index in [1.54, 1.807) is 25.1 Å². The van der Waals surface area contributed by atoms with E-state index in [2.05, 4.69) is 10.3 Å². The highest BCUT2D eigenvalue weighted by molar-refractivity contribution is 6.31. The number of carbonyl (C=O) groups is 1. The molecule has 0 radical (unpaired) electrons. The number of nitrogens with one attached hydrogen (secondary N) is 1. The molecule has 0 amide bonds. The predicted molar refractivity (Wildman–Crippen MR) is 63.1 cm³/mol. The summed E-state index contributed by atoms with van der Waals surface area (Å²) in [6.45, 7) is 2.26. The van der Waals surface area contributed by atoms with Crippen LogP contribution in [0.25, 0.3) is 5.70 Å². The second kappa shape index (κ2) is 5.87. The fraction of sp³-hybridized carbons (Fsp3) is 0.182. The van der Waals surface area contributed by atoms with Gasteiger partial charge in [0, 0.05) is 18.3 Å². The fourth-order valence-electron chi connectivity index (χ4n) is 1.28. The minimum absolute atomic E-state index is 0.150. The summed E-state index contributed by atoms with van der Waals surface area (Å²) in [5, 5.41) is 20.8. The van der Waals surface area contributed by atoms with Crippen molar-refractivity contribution in [1.29, 1.82) is 5.26 Å². The zero-order valence-electron chi connectivity index (χ0n) is 9.07. The van der Waals surface area contributed by atoms with Crippen molar-refractivity contribution in [2.24, 2.45) is 0 Å². The van der Waals surface area contributed by atoms with E-state index >= 15 is 0 Å². The summed E-state index contributed by atoms with van der Waals surface area (Å²) >= 11 is 5.87. The number of pyridine rings is 1. The third-order valence-electron chi connectivity index (χ3n) is 1.96. The SMILES string of the molecule is CCNC(=C(C#N)C(=O)O)c1cccnc1Cl. The summed E-state index contributed by atoms with van der Waals surface area (Å²) in [6.07, 6.45) is 1.49. The van der Waals surface area contributed by atoms with Crippen LogP contribution in [0.1, 0.15) is 12.5 Å². The van der Waals surface area contributed by atoms with Crippen LogP contribution in [0.3, 0.4) is 0 Å². The van der Waals surface area contributed by atoms with E-state index in [-0.39, 0.29) is 16.4 Å². The lowest BCUT2D eigenvalue weighted by molar-refractivity contribution is -0.132. The number of nitrogens with zero attached hydrogens (tertiary/aromatic N) is 2. The maximum atomic E-state index is 10.9. The number of halogens is 1. The summed E-state index contributed by atoms with van der Waals surface area (Å²) in [6, 6.07) is 4.87. The van der Waals surface area contributed by atoms with E-state index in [9.17, 15) is 4.79 Å². The highest BCUT2D eigenvalue weighted by atomic mass is 35.5. The van der Waals surface area contributed by atoms with Crippen molar-refractivity contribution < 1.29 is 9.90 Å². The van der Waals surface area contributed by atoms with Gasteiger partial charge in [-0.2, -0.15) is 5.26 Å². The molecule has 1 rings (SSSR count). The third kappa shape index (κ3) is 2.95. The molecule has 0 saturated carbocycles. The quantitative estimate of drug-likeness (QED) is 0.483. The van der Waals surface area contributed by atoms with Gasteiger partial charge in [-0.25, -0.2) is 9.78 Å². The number of aliphatic carboxylic acids is 1. The molecular weight excluding hydrogens is 242 g/mol. The van der Waals surface area contributed by atoms with Crippen molar-refractivity contribution >= 4 is 23.3 Å². The van der Waals surface area contributed by atoms with Crippen LogP contribution in [0.15, 0.2) is 23.9 Å². The smallest absolute Gasteiger partial charge is 0.348 e. The summed E-state index contributed by atoms with van der Waals surface area (Å²) in [5.74, 6) is -1.30. The van der Waals surface area contributed by atoms with Crippen molar-refractivity contribution in [2.45, 2.75) is 6.92 Å². The summed E-state index contributed by atoms with van der Waals surface area (Å²) in [7, 11) is 0. The van der Waals surface area contributed by atoms with Gasteiger partial charge in [0.15, 0.2) is 5.57 Å².